The van der Waals surface area contributed by atoms with Crippen LogP contribution in [0, 0.1) is 0 Å². The molecule has 7 nitrogen and oxygen atoms in total. The Morgan fingerprint density at radius 2 is 1.96 bits per heavy atom. The van der Waals surface area contributed by atoms with Crippen LogP contribution in [-0.4, -0.2) is 22.7 Å². The van der Waals surface area contributed by atoms with Crippen LogP contribution in [-0.2, 0) is 4.79 Å². The number of carbonyl (C=O) groups excluding carboxylic acids is 1. The van der Waals surface area contributed by atoms with Crippen molar-refractivity contribution in [1.82, 2.24) is 9.97 Å². The Labute approximate surface area is 136 Å². The Morgan fingerprint density at radius 1 is 1.21 bits per heavy atom. The molecule has 7 heteroatoms. The number of hydrogen-bond donors (Lipinski definition) is 2. The number of rotatable bonds is 2. The number of para-hydroxylation sites is 1. The molecule has 1 aliphatic rings. The zero-order valence-corrected chi connectivity index (χ0v) is 12.8. The summed E-state index contributed by atoms with van der Waals surface area (Å²) >= 11 is 0. The molecule has 1 aromatic heterocycles. The van der Waals surface area contributed by atoms with Crippen molar-refractivity contribution in [2.24, 2.45) is 0 Å². The van der Waals surface area contributed by atoms with Gasteiger partial charge in [0.1, 0.15) is 5.82 Å². The van der Waals surface area contributed by atoms with Gasteiger partial charge in [-0.3, -0.25) is 9.59 Å². The Morgan fingerprint density at radius 3 is 2.75 bits per heavy atom. The van der Waals surface area contributed by atoms with E-state index in [2.05, 4.69) is 15.3 Å². The first-order chi connectivity index (χ1) is 11.6. The first-order valence-electron chi connectivity index (χ1n) is 7.32. The number of nitrogens with one attached hydrogen (secondary N) is 2. The van der Waals surface area contributed by atoms with E-state index in [1.165, 1.54) is 6.92 Å². The van der Waals surface area contributed by atoms with Crippen LogP contribution in [0.4, 0.5) is 5.69 Å². The fourth-order valence-electron chi connectivity index (χ4n) is 2.64. The molecular weight excluding hydrogens is 310 g/mol. The van der Waals surface area contributed by atoms with Gasteiger partial charge in [0.15, 0.2) is 11.5 Å². The summed E-state index contributed by atoms with van der Waals surface area (Å²) < 4.78 is 10.7. The normalized spacial score (nSPS) is 12.4. The highest BCUT2D eigenvalue weighted by Crippen LogP contribution is 2.40. The number of fused-ring (bicyclic) bond motifs is 2. The third-order valence-corrected chi connectivity index (χ3v) is 3.69. The first kappa shape index (κ1) is 14.3. The van der Waals surface area contributed by atoms with Crippen LogP contribution in [0.2, 0.25) is 0 Å². The van der Waals surface area contributed by atoms with Crippen molar-refractivity contribution in [3.8, 4) is 22.9 Å². The maximum Gasteiger partial charge on any atom is 0.259 e. The maximum absolute atomic E-state index is 12.3. The largest absolute Gasteiger partial charge is 0.454 e. The van der Waals surface area contributed by atoms with Gasteiger partial charge in [-0.1, -0.05) is 12.1 Å². The number of aromatic nitrogens is 2. The number of H-pyrrole nitrogens is 1. The number of anilines is 1. The van der Waals surface area contributed by atoms with Crippen molar-refractivity contribution >= 4 is 22.5 Å². The van der Waals surface area contributed by atoms with Gasteiger partial charge >= 0.3 is 0 Å². The highest BCUT2D eigenvalue weighted by atomic mass is 16.7. The number of benzene rings is 2. The molecule has 0 atom stereocenters. The third-order valence-electron chi connectivity index (χ3n) is 3.69. The van der Waals surface area contributed by atoms with Crippen molar-refractivity contribution in [2.75, 3.05) is 12.1 Å². The molecule has 0 spiro atoms. The van der Waals surface area contributed by atoms with Crippen molar-refractivity contribution in [3.63, 3.8) is 0 Å². The molecule has 120 valence electrons. The monoisotopic (exact) mass is 323 g/mol. The van der Waals surface area contributed by atoms with E-state index < -0.39 is 0 Å². The van der Waals surface area contributed by atoms with Gasteiger partial charge in [0.25, 0.3) is 5.56 Å². The number of hydrogen-bond acceptors (Lipinski definition) is 5. The molecule has 2 N–H and O–H groups in total. The van der Waals surface area contributed by atoms with E-state index in [1.807, 2.05) is 6.07 Å². The van der Waals surface area contributed by atoms with Crippen LogP contribution in [0.5, 0.6) is 11.5 Å². The minimum absolute atomic E-state index is 0.111. The van der Waals surface area contributed by atoms with E-state index in [4.69, 9.17) is 9.47 Å². The standard InChI is InChI=1S/C17H13N3O4/c1-9(21)18-13-7-15-14(23-8-24-15)6-11(13)16-19-12-5-3-2-4-10(12)17(22)20-16/h2-7H,8H2,1H3,(H,18,21)(H,19,20,22). The molecule has 24 heavy (non-hydrogen) atoms. The Balaban J connectivity index is 1.95. The molecule has 0 aliphatic carbocycles. The van der Waals surface area contributed by atoms with Crippen LogP contribution in [0.3, 0.4) is 0 Å². The molecular formula is C17H13N3O4. The smallest absolute Gasteiger partial charge is 0.259 e. The SMILES string of the molecule is CC(=O)Nc1cc2c(cc1-c1nc3ccccc3c(=O)[nH]1)OCO2. The molecule has 0 bridgehead atoms. The number of ether oxygens (including phenoxy) is 2. The molecule has 0 radical (unpaired) electrons. The van der Waals surface area contributed by atoms with Crippen LogP contribution in [0.25, 0.3) is 22.3 Å². The van der Waals surface area contributed by atoms with Crippen molar-refractivity contribution in [3.05, 3.63) is 46.8 Å². The van der Waals surface area contributed by atoms with Crippen LogP contribution < -0.4 is 20.3 Å². The fraction of sp³-hybridized carbons (Fsp3) is 0.118. The van der Waals surface area contributed by atoms with Gasteiger partial charge in [0.05, 0.1) is 16.6 Å². The molecule has 2 aromatic carbocycles. The summed E-state index contributed by atoms with van der Waals surface area (Å²) in [5.74, 6) is 1.18. The molecule has 3 aromatic rings. The Hall–Kier alpha value is -3.35. The lowest BCUT2D eigenvalue weighted by molar-refractivity contribution is -0.114. The predicted molar refractivity (Wildman–Crippen MR) is 88.2 cm³/mol. The lowest BCUT2D eigenvalue weighted by Crippen LogP contribution is -2.12. The van der Waals surface area contributed by atoms with E-state index in [1.54, 1.807) is 30.3 Å². The average Bonchev–Trinajstić information content (AvgIpc) is 3.01. The highest BCUT2D eigenvalue weighted by molar-refractivity contribution is 5.94. The van der Waals surface area contributed by atoms with E-state index in [-0.39, 0.29) is 18.3 Å². The molecule has 0 unspecified atom stereocenters. The van der Waals surface area contributed by atoms with E-state index >= 15 is 0 Å². The van der Waals surface area contributed by atoms with Gasteiger partial charge in [-0.05, 0) is 18.2 Å². The van der Waals surface area contributed by atoms with E-state index in [0.29, 0.717) is 39.5 Å². The Kier molecular flexibility index (Phi) is 3.19. The topological polar surface area (TPSA) is 93.3 Å². The quantitative estimate of drug-likeness (QED) is 0.754. The van der Waals surface area contributed by atoms with Gasteiger partial charge in [0.2, 0.25) is 12.7 Å². The third kappa shape index (κ3) is 2.36. The van der Waals surface area contributed by atoms with Gasteiger partial charge in [0, 0.05) is 18.6 Å². The number of amides is 1. The second kappa shape index (κ2) is 5.38. The lowest BCUT2D eigenvalue weighted by Gasteiger charge is -2.11. The van der Waals surface area contributed by atoms with Crippen molar-refractivity contribution in [1.29, 1.82) is 0 Å². The average molecular weight is 323 g/mol. The zero-order chi connectivity index (χ0) is 16.7. The van der Waals surface area contributed by atoms with Gasteiger partial charge in [-0.2, -0.15) is 0 Å². The molecule has 0 fully saturated rings. The van der Waals surface area contributed by atoms with E-state index in [9.17, 15) is 9.59 Å². The van der Waals surface area contributed by atoms with Gasteiger partial charge in [-0.25, -0.2) is 4.98 Å². The second-order valence-corrected chi connectivity index (χ2v) is 5.36. The summed E-state index contributed by atoms with van der Waals surface area (Å²) in [5.41, 5.74) is 1.37. The minimum Gasteiger partial charge on any atom is -0.454 e. The molecule has 0 saturated heterocycles. The summed E-state index contributed by atoms with van der Waals surface area (Å²) in [4.78, 5) is 31.1. The summed E-state index contributed by atoms with van der Waals surface area (Å²) in [6.45, 7) is 1.52. The second-order valence-electron chi connectivity index (χ2n) is 5.36. The Bertz CT molecular complexity index is 1030. The van der Waals surface area contributed by atoms with Crippen molar-refractivity contribution in [2.45, 2.75) is 6.92 Å². The zero-order valence-electron chi connectivity index (χ0n) is 12.8. The van der Waals surface area contributed by atoms with Gasteiger partial charge < -0.3 is 19.8 Å². The minimum atomic E-state index is -0.248. The van der Waals surface area contributed by atoms with Crippen LogP contribution >= 0.6 is 0 Å². The number of carbonyl (C=O) groups is 1. The van der Waals surface area contributed by atoms with Gasteiger partial charge in [-0.15, -0.1) is 0 Å². The van der Waals surface area contributed by atoms with Crippen molar-refractivity contribution < 1.29 is 14.3 Å². The molecule has 2 heterocycles. The van der Waals surface area contributed by atoms with Crippen LogP contribution in [0.1, 0.15) is 6.92 Å². The molecule has 1 amide bonds. The number of nitrogens with zero attached hydrogens (tertiary/aromatic N) is 1. The molecule has 0 saturated carbocycles. The highest BCUT2D eigenvalue weighted by Gasteiger charge is 2.20. The summed E-state index contributed by atoms with van der Waals surface area (Å²) in [6.07, 6.45) is 0. The lowest BCUT2D eigenvalue weighted by atomic mass is 10.1. The van der Waals surface area contributed by atoms with E-state index in [0.717, 1.165) is 0 Å². The molecule has 4 rings (SSSR count). The summed E-state index contributed by atoms with van der Waals surface area (Å²) in [7, 11) is 0. The summed E-state index contributed by atoms with van der Waals surface area (Å²) in [5, 5.41) is 3.24. The van der Waals surface area contributed by atoms with Crippen LogP contribution in [0.15, 0.2) is 41.2 Å². The first-order valence-corrected chi connectivity index (χ1v) is 7.32. The number of aromatic amines is 1. The fourth-order valence-corrected chi connectivity index (χ4v) is 2.64. The predicted octanol–water partition coefficient (Wildman–Crippen LogP) is 2.28. The molecule has 1 aliphatic heterocycles. The summed E-state index contributed by atoms with van der Waals surface area (Å²) in [6, 6.07) is 10.4. The maximum atomic E-state index is 12.3.